The van der Waals surface area contributed by atoms with E-state index < -0.39 is 11.9 Å². The summed E-state index contributed by atoms with van der Waals surface area (Å²) in [4.78, 5) is 26.1. The maximum Gasteiger partial charge on any atom is 0.307 e. The first-order chi connectivity index (χ1) is 6.58. The number of Topliss-reactive ketones (excluding diaryl/α,β-unsaturated/α-hetero) is 1. The molecule has 0 bridgehead atoms. The fraction of sp³-hybridized carbons (Fsp3) is 0.444. The third kappa shape index (κ3) is 1.30. The summed E-state index contributed by atoms with van der Waals surface area (Å²) >= 11 is 0. The van der Waals surface area contributed by atoms with Crippen LogP contribution < -0.4 is 0 Å². The van der Waals surface area contributed by atoms with Crippen LogP contribution in [0.2, 0.25) is 0 Å². The second kappa shape index (κ2) is 2.94. The second-order valence-electron chi connectivity index (χ2n) is 3.38. The summed E-state index contributed by atoms with van der Waals surface area (Å²) in [7, 11) is 0. The number of aromatic nitrogens is 1. The first kappa shape index (κ1) is 8.93. The van der Waals surface area contributed by atoms with Crippen LogP contribution in [0.3, 0.4) is 0 Å². The van der Waals surface area contributed by atoms with Gasteiger partial charge in [-0.05, 0) is 0 Å². The van der Waals surface area contributed by atoms with Crippen molar-refractivity contribution in [2.24, 2.45) is 5.92 Å². The lowest BCUT2D eigenvalue weighted by Crippen LogP contribution is -2.25. The molecule has 1 aromatic heterocycles. The SMILES string of the molecule is Cc1nc2c(o1)C(=O)CC(C(=O)O)C2. The molecule has 1 atom stereocenters. The van der Waals surface area contributed by atoms with E-state index in [1.165, 1.54) is 0 Å². The average Bonchev–Trinajstić information content (AvgIpc) is 2.45. The van der Waals surface area contributed by atoms with E-state index in [1.807, 2.05) is 0 Å². The number of carbonyl (C=O) groups excluding carboxylic acids is 1. The molecule has 1 unspecified atom stereocenters. The highest BCUT2D eigenvalue weighted by Gasteiger charge is 2.33. The van der Waals surface area contributed by atoms with Crippen molar-refractivity contribution in [1.29, 1.82) is 0 Å². The number of fused-ring (bicyclic) bond motifs is 1. The molecule has 0 aromatic carbocycles. The maximum atomic E-state index is 11.4. The minimum atomic E-state index is -0.954. The van der Waals surface area contributed by atoms with Crippen LogP contribution in [-0.2, 0) is 11.2 Å². The Hall–Kier alpha value is -1.65. The monoisotopic (exact) mass is 195 g/mol. The summed E-state index contributed by atoms with van der Waals surface area (Å²) in [5, 5.41) is 8.78. The van der Waals surface area contributed by atoms with Crippen LogP contribution in [0.15, 0.2) is 4.42 Å². The molecule has 74 valence electrons. The van der Waals surface area contributed by atoms with Gasteiger partial charge in [0.25, 0.3) is 0 Å². The van der Waals surface area contributed by atoms with Gasteiger partial charge in [0.2, 0.25) is 5.78 Å². The number of oxazole rings is 1. The van der Waals surface area contributed by atoms with Gasteiger partial charge in [0.15, 0.2) is 11.7 Å². The summed E-state index contributed by atoms with van der Waals surface area (Å²) < 4.78 is 5.09. The first-order valence-electron chi connectivity index (χ1n) is 4.30. The summed E-state index contributed by atoms with van der Waals surface area (Å²) in [5.41, 5.74) is 0.478. The van der Waals surface area contributed by atoms with Crippen molar-refractivity contribution in [2.45, 2.75) is 19.8 Å². The highest BCUT2D eigenvalue weighted by Crippen LogP contribution is 2.25. The van der Waals surface area contributed by atoms with E-state index in [0.717, 1.165) is 0 Å². The highest BCUT2D eigenvalue weighted by atomic mass is 16.4. The number of hydrogen-bond acceptors (Lipinski definition) is 4. The lowest BCUT2D eigenvalue weighted by atomic mass is 9.89. The predicted molar refractivity (Wildman–Crippen MR) is 45.0 cm³/mol. The average molecular weight is 195 g/mol. The number of ketones is 1. The van der Waals surface area contributed by atoms with E-state index >= 15 is 0 Å². The Balaban J connectivity index is 2.37. The molecule has 0 fully saturated rings. The molecule has 0 radical (unpaired) electrons. The van der Waals surface area contributed by atoms with Crippen LogP contribution in [0.5, 0.6) is 0 Å². The fourth-order valence-corrected chi connectivity index (χ4v) is 1.62. The lowest BCUT2D eigenvalue weighted by Gasteiger charge is -2.14. The van der Waals surface area contributed by atoms with Gasteiger partial charge in [-0.25, -0.2) is 4.98 Å². The molecule has 2 rings (SSSR count). The Morgan fingerprint density at radius 1 is 1.57 bits per heavy atom. The van der Waals surface area contributed by atoms with E-state index in [4.69, 9.17) is 9.52 Å². The molecule has 1 aliphatic rings. The number of aryl methyl sites for hydroxylation is 1. The lowest BCUT2D eigenvalue weighted by molar-refractivity contribution is -0.141. The van der Waals surface area contributed by atoms with Gasteiger partial charge in [-0.3, -0.25) is 9.59 Å². The zero-order chi connectivity index (χ0) is 10.3. The number of carboxylic acid groups (broad SMARTS) is 1. The summed E-state index contributed by atoms with van der Waals surface area (Å²) in [6.07, 6.45) is 0.296. The number of nitrogens with zero attached hydrogens (tertiary/aromatic N) is 1. The molecule has 0 saturated carbocycles. The highest BCUT2D eigenvalue weighted by molar-refractivity contribution is 5.98. The van der Waals surface area contributed by atoms with Crippen LogP contribution in [-0.4, -0.2) is 21.8 Å². The quantitative estimate of drug-likeness (QED) is 0.717. The molecule has 14 heavy (non-hydrogen) atoms. The van der Waals surface area contributed by atoms with Crippen molar-refractivity contribution < 1.29 is 19.1 Å². The third-order valence-corrected chi connectivity index (χ3v) is 2.28. The van der Waals surface area contributed by atoms with Gasteiger partial charge in [0.05, 0.1) is 11.6 Å². The molecule has 1 N–H and O–H groups in total. The zero-order valence-electron chi connectivity index (χ0n) is 7.61. The molecule has 1 aromatic rings. The van der Waals surface area contributed by atoms with E-state index in [1.54, 1.807) is 6.92 Å². The van der Waals surface area contributed by atoms with Crippen molar-refractivity contribution in [3.63, 3.8) is 0 Å². The second-order valence-corrected chi connectivity index (χ2v) is 3.38. The van der Waals surface area contributed by atoms with Crippen molar-refractivity contribution >= 4 is 11.8 Å². The van der Waals surface area contributed by atoms with Crippen LogP contribution in [0, 0.1) is 12.8 Å². The zero-order valence-corrected chi connectivity index (χ0v) is 7.61. The molecule has 1 aliphatic carbocycles. The molecule has 0 saturated heterocycles. The van der Waals surface area contributed by atoms with E-state index in [-0.39, 0.29) is 24.4 Å². The normalized spacial score (nSPS) is 20.6. The summed E-state index contributed by atoms with van der Waals surface area (Å²) in [5.74, 6) is -1.22. The number of carboxylic acids is 1. The summed E-state index contributed by atoms with van der Waals surface area (Å²) in [6.45, 7) is 1.64. The Morgan fingerprint density at radius 2 is 2.29 bits per heavy atom. The Kier molecular flexibility index (Phi) is 1.87. The molecular weight excluding hydrogens is 186 g/mol. The van der Waals surface area contributed by atoms with Gasteiger partial charge in [0, 0.05) is 19.8 Å². The number of carbonyl (C=O) groups is 2. The molecule has 0 spiro atoms. The van der Waals surface area contributed by atoms with Crippen molar-refractivity contribution in [3.05, 3.63) is 17.3 Å². The molecule has 5 nitrogen and oxygen atoms in total. The van der Waals surface area contributed by atoms with Crippen LogP contribution >= 0.6 is 0 Å². The Bertz CT molecular complexity index is 407. The molecule has 0 amide bonds. The van der Waals surface area contributed by atoms with Gasteiger partial charge in [-0.2, -0.15) is 0 Å². The molecule has 0 aliphatic heterocycles. The topological polar surface area (TPSA) is 80.4 Å². The van der Waals surface area contributed by atoms with Gasteiger partial charge < -0.3 is 9.52 Å². The Labute approximate surface area is 79.7 Å². The van der Waals surface area contributed by atoms with Gasteiger partial charge in [-0.15, -0.1) is 0 Å². The van der Waals surface area contributed by atoms with E-state index in [0.29, 0.717) is 11.6 Å². The number of hydrogen-bond donors (Lipinski definition) is 1. The minimum absolute atomic E-state index is 0.0109. The standard InChI is InChI=1S/C9H9NO4/c1-4-10-6-2-5(9(12)13)3-7(11)8(6)14-4/h5H,2-3H2,1H3,(H,12,13). The molecule has 1 heterocycles. The van der Waals surface area contributed by atoms with Crippen molar-refractivity contribution in [1.82, 2.24) is 4.98 Å². The minimum Gasteiger partial charge on any atom is -0.481 e. The van der Waals surface area contributed by atoms with Crippen LogP contribution in [0.1, 0.15) is 28.6 Å². The van der Waals surface area contributed by atoms with Crippen molar-refractivity contribution in [3.8, 4) is 0 Å². The Morgan fingerprint density at radius 3 is 2.93 bits per heavy atom. The number of aliphatic carboxylic acids is 1. The van der Waals surface area contributed by atoms with E-state index in [9.17, 15) is 9.59 Å². The molecular formula is C9H9NO4. The third-order valence-electron chi connectivity index (χ3n) is 2.28. The smallest absolute Gasteiger partial charge is 0.307 e. The largest absolute Gasteiger partial charge is 0.481 e. The van der Waals surface area contributed by atoms with E-state index in [2.05, 4.69) is 4.98 Å². The fourth-order valence-electron chi connectivity index (χ4n) is 1.62. The van der Waals surface area contributed by atoms with Gasteiger partial charge in [0.1, 0.15) is 0 Å². The van der Waals surface area contributed by atoms with Crippen LogP contribution in [0.4, 0.5) is 0 Å². The predicted octanol–water partition coefficient (Wildman–Crippen LogP) is 0.813. The maximum absolute atomic E-state index is 11.4. The first-order valence-corrected chi connectivity index (χ1v) is 4.30. The summed E-state index contributed by atoms with van der Waals surface area (Å²) in [6, 6.07) is 0. The van der Waals surface area contributed by atoms with Gasteiger partial charge in [-0.1, -0.05) is 0 Å². The number of rotatable bonds is 1. The van der Waals surface area contributed by atoms with Gasteiger partial charge >= 0.3 is 5.97 Å². The van der Waals surface area contributed by atoms with Crippen molar-refractivity contribution in [2.75, 3.05) is 0 Å². The molecule has 5 heteroatoms. The van der Waals surface area contributed by atoms with Crippen LogP contribution in [0.25, 0.3) is 0 Å².